The topological polar surface area (TPSA) is 74.1 Å². The van der Waals surface area contributed by atoms with Gasteiger partial charge in [-0.25, -0.2) is 0 Å². The zero-order chi connectivity index (χ0) is 11.9. The highest BCUT2D eigenvalue weighted by Crippen LogP contribution is 2.37. The van der Waals surface area contributed by atoms with Crippen LogP contribution in [0.1, 0.15) is 6.92 Å². The van der Waals surface area contributed by atoms with Crippen LogP contribution in [0, 0.1) is 0 Å². The molecule has 2 aliphatic heterocycles. The van der Waals surface area contributed by atoms with Crippen LogP contribution < -0.4 is 5.32 Å². The fourth-order valence-electron chi connectivity index (χ4n) is 1.89. The molecule has 1 fully saturated rings. The van der Waals surface area contributed by atoms with Crippen LogP contribution in [0.5, 0.6) is 0 Å². The molecule has 0 saturated carbocycles. The van der Waals surface area contributed by atoms with Crippen LogP contribution in [0.2, 0.25) is 0 Å². The third-order valence-corrected chi connectivity index (χ3v) is 3.92. The molecule has 0 unspecified atom stereocenters. The van der Waals surface area contributed by atoms with E-state index in [1.807, 2.05) is 0 Å². The minimum Gasteiger partial charge on any atom is -0.388 e. The second kappa shape index (κ2) is 4.37. The van der Waals surface area contributed by atoms with Crippen molar-refractivity contribution in [2.75, 3.05) is 7.05 Å². The highest BCUT2D eigenvalue weighted by molar-refractivity contribution is 8.14. The van der Waals surface area contributed by atoms with Crippen LogP contribution in [0.3, 0.4) is 0 Å². The average Bonchev–Trinajstić information content (AvgIpc) is 2.66. The number of fused-ring (bicyclic) bond motifs is 1. The van der Waals surface area contributed by atoms with Crippen molar-refractivity contribution in [2.24, 2.45) is 4.99 Å². The van der Waals surface area contributed by atoms with Gasteiger partial charge in [-0.05, 0) is 12.5 Å². The Morgan fingerprint density at radius 1 is 1.50 bits per heavy atom. The van der Waals surface area contributed by atoms with Gasteiger partial charge < -0.3 is 20.3 Å². The lowest BCUT2D eigenvalue weighted by Crippen LogP contribution is -2.54. The third kappa shape index (κ3) is 1.86. The predicted octanol–water partition coefficient (Wildman–Crippen LogP) is -0.300. The minimum atomic E-state index is -0.959. The lowest BCUT2D eigenvalue weighted by molar-refractivity contribution is -0.138. The minimum absolute atomic E-state index is 0.248. The Bertz CT molecular complexity index is 334. The van der Waals surface area contributed by atoms with E-state index in [-0.39, 0.29) is 5.44 Å². The molecular weight excluding hydrogens is 228 g/mol. The first kappa shape index (κ1) is 11.9. The van der Waals surface area contributed by atoms with Crippen molar-refractivity contribution in [2.45, 2.75) is 36.7 Å². The first-order valence-electron chi connectivity index (χ1n) is 5.13. The molecule has 2 rings (SSSR count). The molecule has 0 radical (unpaired) electrons. The molecule has 1 saturated heterocycles. The molecule has 5 atom stereocenters. The molecule has 6 heteroatoms. The summed E-state index contributed by atoms with van der Waals surface area (Å²) in [6.45, 7) is 5.54. The van der Waals surface area contributed by atoms with Gasteiger partial charge in [0.2, 0.25) is 0 Å². The van der Waals surface area contributed by atoms with Gasteiger partial charge in [0, 0.05) is 7.05 Å². The van der Waals surface area contributed by atoms with Crippen LogP contribution in [-0.4, -0.2) is 52.2 Å². The number of aliphatic hydroxyl groups excluding tert-OH is 2. The van der Waals surface area contributed by atoms with Gasteiger partial charge in [-0.15, -0.1) is 0 Å². The standard InChI is InChI=1S/C10H16N2O3S/c1-4(2)8-7(14)6(13)5-9(15-8)16-10(11-3)12-5/h5-9,13-14H,1H2,2-3H3,(H,11,12)/t5-,6+,7-,8+,9-/m0/s1. The maximum atomic E-state index is 9.96. The molecule has 90 valence electrons. The van der Waals surface area contributed by atoms with Gasteiger partial charge in [0.15, 0.2) is 5.17 Å². The van der Waals surface area contributed by atoms with Crippen molar-refractivity contribution in [1.29, 1.82) is 0 Å². The Hall–Kier alpha value is -0.560. The molecule has 0 aromatic carbocycles. The molecule has 0 aromatic heterocycles. The Labute approximate surface area is 98.6 Å². The summed E-state index contributed by atoms with van der Waals surface area (Å²) in [6.07, 6.45) is -2.38. The Balaban J connectivity index is 2.17. The van der Waals surface area contributed by atoms with Gasteiger partial charge in [-0.1, -0.05) is 18.3 Å². The van der Waals surface area contributed by atoms with Gasteiger partial charge in [0.1, 0.15) is 29.8 Å². The third-order valence-electron chi connectivity index (χ3n) is 2.76. The van der Waals surface area contributed by atoms with Crippen LogP contribution >= 0.6 is 11.8 Å². The summed E-state index contributed by atoms with van der Waals surface area (Å²) in [6, 6.07) is -0.405. The van der Waals surface area contributed by atoms with Crippen LogP contribution in [0.4, 0.5) is 0 Å². The largest absolute Gasteiger partial charge is 0.388 e. The molecule has 16 heavy (non-hydrogen) atoms. The molecular formula is C10H16N2O3S. The molecule has 0 bridgehead atoms. The summed E-state index contributed by atoms with van der Waals surface area (Å²) in [4.78, 5) is 4.26. The van der Waals surface area contributed by atoms with E-state index in [2.05, 4.69) is 16.9 Å². The van der Waals surface area contributed by atoms with Gasteiger partial charge >= 0.3 is 0 Å². The second-order valence-electron chi connectivity index (χ2n) is 4.05. The number of amidine groups is 1. The van der Waals surface area contributed by atoms with Crippen molar-refractivity contribution in [3.63, 3.8) is 0 Å². The van der Waals surface area contributed by atoms with Crippen LogP contribution in [0.15, 0.2) is 17.1 Å². The maximum Gasteiger partial charge on any atom is 0.159 e. The number of ether oxygens (including phenoxy) is 1. The Kier molecular flexibility index (Phi) is 3.25. The van der Waals surface area contributed by atoms with Crippen molar-refractivity contribution < 1.29 is 14.9 Å². The van der Waals surface area contributed by atoms with Gasteiger partial charge in [0.25, 0.3) is 0 Å². The van der Waals surface area contributed by atoms with Crippen LogP contribution in [0.25, 0.3) is 0 Å². The SMILES string of the molecule is C=C(C)[C@H]1O[C@H]2SC(NC)=N[C@H]2[C@@H](O)[C@@H]1O. The zero-order valence-corrected chi connectivity index (χ0v) is 10.1. The molecule has 3 N–H and O–H groups in total. The van der Waals surface area contributed by atoms with E-state index in [9.17, 15) is 10.2 Å². The fourth-order valence-corrected chi connectivity index (χ4v) is 2.95. The zero-order valence-electron chi connectivity index (χ0n) is 9.25. The molecule has 0 aliphatic carbocycles. The summed E-state index contributed by atoms with van der Waals surface area (Å²) >= 11 is 1.43. The summed E-state index contributed by atoms with van der Waals surface area (Å²) < 4.78 is 5.69. The van der Waals surface area contributed by atoms with E-state index in [0.717, 1.165) is 5.17 Å². The van der Waals surface area contributed by atoms with E-state index < -0.39 is 24.4 Å². The van der Waals surface area contributed by atoms with E-state index >= 15 is 0 Å². The highest BCUT2D eigenvalue weighted by atomic mass is 32.2. The second-order valence-corrected chi connectivity index (χ2v) is 5.13. The van der Waals surface area contributed by atoms with Gasteiger partial charge in [-0.3, -0.25) is 4.99 Å². The molecule has 0 spiro atoms. The Morgan fingerprint density at radius 2 is 2.19 bits per heavy atom. The fraction of sp³-hybridized carbons (Fsp3) is 0.700. The lowest BCUT2D eigenvalue weighted by atomic mass is 9.95. The number of nitrogens with one attached hydrogen (secondary N) is 1. The van der Waals surface area contributed by atoms with E-state index in [4.69, 9.17) is 4.74 Å². The molecule has 2 aliphatic rings. The predicted molar refractivity (Wildman–Crippen MR) is 63.4 cm³/mol. The smallest absolute Gasteiger partial charge is 0.159 e. The number of hydrogen-bond donors (Lipinski definition) is 3. The average molecular weight is 244 g/mol. The number of aliphatic imine (C=N–C) groups is 1. The summed E-state index contributed by atoms with van der Waals surface area (Å²) in [5.74, 6) is 0. The number of hydrogen-bond acceptors (Lipinski definition) is 6. The van der Waals surface area contributed by atoms with Crippen molar-refractivity contribution in [3.8, 4) is 0 Å². The van der Waals surface area contributed by atoms with Gasteiger partial charge in [0.05, 0.1) is 0 Å². The lowest BCUT2D eigenvalue weighted by Gasteiger charge is -2.38. The summed E-state index contributed by atoms with van der Waals surface area (Å²) in [7, 11) is 1.77. The molecule has 0 amide bonds. The number of nitrogens with zero attached hydrogens (tertiary/aromatic N) is 1. The van der Waals surface area contributed by atoms with Crippen molar-refractivity contribution in [3.05, 3.63) is 12.2 Å². The number of thioether (sulfide) groups is 1. The number of aliphatic hydroxyl groups is 2. The maximum absolute atomic E-state index is 9.96. The summed E-state index contributed by atoms with van der Waals surface area (Å²) in [5.41, 5.74) is 0.464. The van der Waals surface area contributed by atoms with Gasteiger partial charge in [-0.2, -0.15) is 0 Å². The quantitative estimate of drug-likeness (QED) is 0.552. The van der Waals surface area contributed by atoms with E-state index in [1.54, 1.807) is 14.0 Å². The first-order valence-corrected chi connectivity index (χ1v) is 6.01. The number of rotatable bonds is 1. The van der Waals surface area contributed by atoms with Crippen molar-refractivity contribution >= 4 is 16.9 Å². The molecule has 2 heterocycles. The van der Waals surface area contributed by atoms with Crippen LogP contribution in [-0.2, 0) is 4.74 Å². The van der Waals surface area contributed by atoms with Crippen molar-refractivity contribution in [1.82, 2.24) is 5.32 Å². The first-order chi connectivity index (χ1) is 7.54. The summed E-state index contributed by atoms with van der Waals surface area (Å²) in [5, 5.41) is 23.5. The normalized spacial score (nSPS) is 42.5. The molecule has 5 nitrogen and oxygen atoms in total. The highest BCUT2D eigenvalue weighted by Gasteiger charge is 2.48. The van der Waals surface area contributed by atoms with E-state index in [0.29, 0.717) is 5.57 Å². The monoisotopic (exact) mass is 244 g/mol. The van der Waals surface area contributed by atoms with E-state index in [1.165, 1.54) is 11.8 Å². The molecule has 0 aromatic rings. The Morgan fingerprint density at radius 3 is 2.75 bits per heavy atom.